The fourth-order valence-corrected chi connectivity index (χ4v) is 3.65. The zero-order valence-corrected chi connectivity index (χ0v) is 17.4. The largest absolute Gasteiger partial charge is 0.443 e. The number of rotatable bonds is 4. The first kappa shape index (κ1) is 20.6. The summed E-state index contributed by atoms with van der Waals surface area (Å²) in [7, 11) is -4.05. The molecule has 0 aliphatic rings. The van der Waals surface area contributed by atoms with Crippen LogP contribution in [0.3, 0.4) is 0 Å². The van der Waals surface area contributed by atoms with Gasteiger partial charge in [-0.05, 0) is 45.4 Å². The van der Waals surface area contributed by atoms with Crippen LogP contribution in [0, 0.1) is 6.92 Å². The number of aryl methyl sites for hydroxylation is 1. The van der Waals surface area contributed by atoms with Gasteiger partial charge in [-0.1, -0.05) is 47.6 Å². The number of carbonyl (C=O) groups is 1. The van der Waals surface area contributed by atoms with Crippen LogP contribution in [-0.2, 0) is 14.8 Å². The molecule has 3 rings (SSSR count). The van der Waals surface area contributed by atoms with E-state index in [1.54, 1.807) is 39.8 Å². The highest BCUT2D eigenvalue weighted by molar-refractivity contribution is 7.90. The minimum absolute atomic E-state index is 0.0533. The van der Waals surface area contributed by atoms with Crippen LogP contribution in [0.1, 0.15) is 26.5 Å². The smallest absolute Gasteiger partial charge is 0.421 e. The maximum atomic E-state index is 12.4. The summed E-state index contributed by atoms with van der Waals surface area (Å²) in [5.74, 6) is 0.617. The third-order valence-corrected chi connectivity index (χ3v) is 5.31. The molecule has 0 saturated carbocycles. The van der Waals surface area contributed by atoms with Gasteiger partial charge in [-0.15, -0.1) is 0 Å². The third kappa shape index (κ3) is 4.83. The molecule has 152 valence electrons. The monoisotopic (exact) mass is 414 g/mol. The molecule has 0 bridgehead atoms. The SMILES string of the molecule is Cc1onc(-c2ccccc2)c1-c1ccc(S(=O)(=O)NC(=O)OC(C)(C)C)cc1. The number of hydrogen-bond donors (Lipinski definition) is 1. The molecule has 1 amide bonds. The number of aromatic nitrogens is 1. The van der Waals surface area contributed by atoms with Gasteiger partial charge >= 0.3 is 6.09 Å². The Kier molecular flexibility index (Phi) is 5.48. The predicted octanol–water partition coefficient (Wildman–Crippen LogP) is 4.53. The summed E-state index contributed by atoms with van der Waals surface area (Å²) < 4.78 is 37.2. The Labute approximate surface area is 169 Å². The molecule has 1 aromatic heterocycles. The van der Waals surface area contributed by atoms with Crippen LogP contribution >= 0.6 is 0 Å². The molecule has 1 N–H and O–H groups in total. The lowest BCUT2D eigenvalue weighted by Crippen LogP contribution is -2.36. The molecule has 0 atom stereocenters. The number of carbonyl (C=O) groups excluding carboxylic acids is 1. The van der Waals surface area contributed by atoms with Gasteiger partial charge < -0.3 is 9.26 Å². The van der Waals surface area contributed by atoms with E-state index in [1.165, 1.54) is 12.1 Å². The van der Waals surface area contributed by atoms with Crippen LogP contribution in [0.25, 0.3) is 22.4 Å². The number of benzene rings is 2. The van der Waals surface area contributed by atoms with E-state index in [0.717, 1.165) is 16.7 Å². The fourth-order valence-electron chi connectivity index (χ4n) is 2.77. The van der Waals surface area contributed by atoms with Crippen molar-refractivity contribution in [1.82, 2.24) is 9.88 Å². The number of amides is 1. The zero-order chi connectivity index (χ0) is 21.2. The van der Waals surface area contributed by atoms with Gasteiger partial charge in [0.1, 0.15) is 17.1 Å². The highest BCUT2D eigenvalue weighted by Crippen LogP contribution is 2.34. The van der Waals surface area contributed by atoms with Gasteiger partial charge in [0, 0.05) is 5.56 Å². The minimum atomic E-state index is -4.05. The first-order valence-corrected chi connectivity index (χ1v) is 10.4. The van der Waals surface area contributed by atoms with Gasteiger partial charge in [0.15, 0.2) is 0 Å². The molecule has 1 heterocycles. The Bertz CT molecular complexity index is 1110. The molecular formula is C21H22N2O5S. The molecule has 0 saturated heterocycles. The molecule has 3 aromatic rings. The second-order valence-electron chi connectivity index (χ2n) is 7.46. The maximum absolute atomic E-state index is 12.4. The predicted molar refractivity (Wildman–Crippen MR) is 109 cm³/mol. The van der Waals surface area contributed by atoms with Crippen molar-refractivity contribution >= 4 is 16.1 Å². The van der Waals surface area contributed by atoms with Crippen LogP contribution in [-0.4, -0.2) is 25.3 Å². The standard InChI is InChI=1S/C21H22N2O5S/c1-14-18(19(22-28-14)16-8-6-5-7-9-16)15-10-12-17(13-11-15)29(25,26)23-20(24)27-21(2,3)4/h5-13H,1-4H3,(H,23,24). The van der Waals surface area contributed by atoms with Crippen molar-refractivity contribution in [1.29, 1.82) is 0 Å². The summed E-state index contributed by atoms with van der Waals surface area (Å²) in [6, 6.07) is 15.7. The van der Waals surface area contributed by atoms with Gasteiger partial charge in [0.2, 0.25) is 0 Å². The molecule has 0 aliphatic heterocycles. The first-order chi connectivity index (χ1) is 13.6. The lowest BCUT2D eigenvalue weighted by molar-refractivity contribution is 0.0570. The molecule has 0 fully saturated rings. The third-order valence-electron chi connectivity index (χ3n) is 3.98. The summed E-state index contributed by atoms with van der Waals surface area (Å²) in [5.41, 5.74) is 2.29. The molecule has 29 heavy (non-hydrogen) atoms. The zero-order valence-electron chi connectivity index (χ0n) is 16.6. The number of hydrogen-bond acceptors (Lipinski definition) is 6. The molecule has 0 aliphatic carbocycles. The Hall–Kier alpha value is -3.13. The summed E-state index contributed by atoms with van der Waals surface area (Å²) in [6.45, 7) is 6.75. The summed E-state index contributed by atoms with van der Waals surface area (Å²) >= 11 is 0. The second kappa shape index (κ2) is 7.71. The molecule has 2 aromatic carbocycles. The van der Waals surface area contributed by atoms with Gasteiger partial charge in [-0.2, -0.15) is 0 Å². The normalized spacial score (nSPS) is 11.9. The van der Waals surface area contributed by atoms with E-state index < -0.39 is 21.7 Å². The highest BCUT2D eigenvalue weighted by atomic mass is 32.2. The lowest BCUT2D eigenvalue weighted by atomic mass is 10.00. The van der Waals surface area contributed by atoms with Crippen LogP contribution in [0.2, 0.25) is 0 Å². The Morgan fingerprint density at radius 2 is 1.62 bits per heavy atom. The summed E-state index contributed by atoms with van der Waals surface area (Å²) in [6.07, 6.45) is -1.03. The first-order valence-electron chi connectivity index (χ1n) is 8.95. The fraction of sp³-hybridized carbons (Fsp3) is 0.238. The van der Waals surface area contributed by atoms with Gasteiger partial charge in [0.05, 0.1) is 10.5 Å². The lowest BCUT2D eigenvalue weighted by Gasteiger charge is -2.19. The van der Waals surface area contributed by atoms with Crippen molar-refractivity contribution < 1.29 is 22.5 Å². The Morgan fingerprint density at radius 3 is 2.21 bits per heavy atom. The van der Waals surface area contributed by atoms with E-state index in [4.69, 9.17) is 9.26 Å². The van der Waals surface area contributed by atoms with E-state index in [2.05, 4.69) is 5.16 Å². The Morgan fingerprint density at radius 1 is 1.00 bits per heavy atom. The highest BCUT2D eigenvalue weighted by Gasteiger charge is 2.23. The van der Waals surface area contributed by atoms with E-state index in [0.29, 0.717) is 11.5 Å². The number of nitrogens with zero attached hydrogens (tertiary/aromatic N) is 1. The molecular weight excluding hydrogens is 392 g/mol. The van der Waals surface area contributed by atoms with Crippen molar-refractivity contribution in [3.05, 3.63) is 60.4 Å². The summed E-state index contributed by atoms with van der Waals surface area (Å²) in [4.78, 5) is 11.8. The van der Waals surface area contributed by atoms with Gasteiger partial charge in [-0.25, -0.2) is 17.9 Å². The van der Waals surface area contributed by atoms with Crippen molar-refractivity contribution in [2.24, 2.45) is 0 Å². The summed E-state index contributed by atoms with van der Waals surface area (Å²) in [5, 5.41) is 4.14. The van der Waals surface area contributed by atoms with E-state index in [1.807, 2.05) is 35.1 Å². The van der Waals surface area contributed by atoms with Crippen LogP contribution < -0.4 is 4.72 Å². The second-order valence-corrected chi connectivity index (χ2v) is 9.14. The number of nitrogens with one attached hydrogen (secondary N) is 1. The average molecular weight is 414 g/mol. The van der Waals surface area contributed by atoms with Gasteiger partial charge in [-0.3, -0.25) is 0 Å². The molecule has 0 radical (unpaired) electrons. The van der Waals surface area contributed by atoms with E-state index in [9.17, 15) is 13.2 Å². The quantitative estimate of drug-likeness (QED) is 0.673. The van der Waals surface area contributed by atoms with Crippen molar-refractivity contribution in [2.45, 2.75) is 38.2 Å². The van der Waals surface area contributed by atoms with E-state index >= 15 is 0 Å². The number of ether oxygens (including phenoxy) is 1. The molecule has 8 heteroatoms. The molecule has 7 nitrogen and oxygen atoms in total. The van der Waals surface area contributed by atoms with Crippen molar-refractivity contribution in [3.63, 3.8) is 0 Å². The van der Waals surface area contributed by atoms with Crippen LogP contribution in [0.4, 0.5) is 4.79 Å². The average Bonchev–Trinajstić information content (AvgIpc) is 3.02. The topological polar surface area (TPSA) is 98.5 Å². The van der Waals surface area contributed by atoms with Crippen LogP contribution in [0.15, 0.2) is 64.0 Å². The van der Waals surface area contributed by atoms with Gasteiger partial charge in [0.25, 0.3) is 10.0 Å². The number of sulfonamides is 1. The minimum Gasteiger partial charge on any atom is -0.443 e. The van der Waals surface area contributed by atoms with Crippen molar-refractivity contribution in [3.8, 4) is 22.4 Å². The van der Waals surface area contributed by atoms with Crippen molar-refractivity contribution in [2.75, 3.05) is 0 Å². The maximum Gasteiger partial charge on any atom is 0.421 e. The Balaban J connectivity index is 1.88. The molecule has 0 unspecified atom stereocenters. The molecule has 0 spiro atoms. The van der Waals surface area contributed by atoms with Crippen LogP contribution in [0.5, 0.6) is 0 Å². The van der Waals surface area contributed by atoms with E-state index in [-0.39, 0.29) is 4.90 Å².